The lowest BCUT2D eigenvalue weighted by Crippen LogP contribution is -1.97. The summed E-state index contributed by atoms with van der Waals surface area (Å²) in [6.07, 6.45) is 3.32. The minimum Gasteiger partial charge on any atom is -0.298 e. The van der Waals surface area contributed by atoms with Crippen molar-refractivity contribution in [3.8, 4) is 0 Å². The van der Waals surface area contributed by atoms with Crippen LogP contribution in [0.15, 0.2) is 47.1 Å². The van der Waals surface area contributed by atoms with Crippen LogP contribution in [0.2, 0.25) is 0 Å². The molecule has 2 heterocycles. The number of fused-ring (bicyclic) bond motifs is 1. The molecule has 0 aliphatic heterocycles. The van der Waals surface area contributed by atoms with Gasteiger partial charge in [-0.3, -0.25) is 9.20 Å². The quantitative estimate of drug-likeness (QED) is 0.698. The van der Waals surface area contributed by atoms with E-state index in [2.05, 4.69) is 26.1 Å². The van der Waals surface area contributed by atoms with E-state index in [0.717, 1.165) is 22.1 Å². The first-order chi connectivity index (χ1) is 9.28. The molecule has 0 N–H and O–H groups in total. The lowest BCUT2D eigenvalue weighted by molar-refractivity contribution is 0.112. The Bertz CT molecular complexity index is 751. The lowest BCUT2D eigenvalue weighted by Gasteiger charge is -2.03. The Kier molecular flexibility index (Phi) is 3.13. The Morgan fingerprint density at radius 2 is 2.05 bits per heavy atom. The molecular weight excluding hydrogens is 306 g/mol. The van der Waals surface area contributed by atoms with Gasteiger partial charge in [-0.2, -0.15) is 0 Å². The standard InChI is InChI=1S/C14H10BrN3O/c15-12-4-2-1-3-11(12)8-14-17-16-13-7-10(9-19)5-6-18(13)14/h1-7,9H,8H2. The minimum atomic E-state index is 0.604. The minimum absolute atomic E-state index is 0.604. The van der Waals surface area contributed by atoms with Gasteiger partial charge in [0.05, 0.1) is 0 Å². The fraction of sp³-hybridized carbons (Fsp3) is 0.0714. The van der Waals surface area contributed by atoms with E-state index in [4.69, 9.17) is 0 Å². The summed E-state index contributed by atoms with van der Waals surface area (Å²) in [6.45, 7) is 0. The number of carbonyl (C=O) groups excluding carboxylic acids is 1. The van der Waals surface area contributed by atoms with Crippen LogP contribution in [0.4, 0.5) is 0 Å². The van der Waals surface area contributed by atoms with Crippen molar-refractivity contribution in [1.29, 1.82) is 0 Å². The number of aldehydes is 1. The van der Waals surface area contributed by atoms with Crippen LogP contribution < -0.4 is 0 Å². The average molecular weight is 316 g/mol. The van der Waals surface area contributed by atoms with Gasteiger partial charge in [0.15, 0.2) is 5.65 Å². The van der Waals surface area contributed by atoms with Crippen LogP contribution in [0.1, 0.15) is 21.7 Å². The summed E-state index contributed by atoms with van der Waals surface area (Å²) in [6, 6.07) is 11.5. The molecule has 4 nitrogen and oxygen atoms in total. The van der Waals surface area contributed by atoms with Crippen molar-refractivity contribution in [2.75, 3.05) is 0 Å². The number of hydrogen-bond acceptors (Lipinski definition) is 3. The van der Waals surface area contributed by atoms with Gasteiger partial charge in [-0.15, -0.1) is 10.2 Å². The second-order valence-electron chi connectivity index (χ2n) is 4.19. The predicted octanol–water partition coefficient (Wildman–Crippen LogP) is 2.90. The summed E-state index contributed by atoms with van der Waals surface area (Å²) in [7, 11) is 0. The van der Waals surface area contributed by atoms with Crippen LogP contribution in [0.25, 0.3) is 5.65 Å². The fourth-order valence-corrected chi connectivity index (χ4v) is 2.39. The van der Waals surface area contributed by atoms with E-state index in [-0.39, 0.29) is 0 Å². The number of halogens is 1. The summed E-state index contributed by atoms with van der Waals surface area (Å²) in [5, 5.41) is 8.28. The molecule has 0 fully saturated rings. The van der Waals surface area contributed by atoms with Crippen molar-refractivity contribution in [2.45, 2.75) is 6.42 Å². The maximum absolute atomic E-state index is 10.7. The van der Waals surface area contributed by atoms with Gasteiger partial charge in [0, 0.05) is 22.7 Å². The third-order valence-electron chi connectivity index (χ3n) is 2.95. The fourth-order valence-electron chi connectivity index (χ4n) is 1.96. The van der Waals surface area contributed by atoms with Crippen molar-refractivity contribution in [2.24, 2.45) is 0 Å². The number of benzene rings is 1. The van der Waals surface area contributed by atoms with Crippen molar-refractivity contribution in [3.05, 3.63) is 64.0 Å². The maximum Gasteiger partial charge on any atom is 0.161 e. The van der Waals surface area contributed by atoms with E-state index in [1.54, 1.807) is 12.1 Å². The van der Waals surface area contributed by atoms with Crippen LogP contribution in [0.3, 0.4) is 0 Å². The van der Waals surface area contributed by atoms with Crippen LogP contribution >= 0.6 is 15.9 Å². The molecule has 0 saturated heterocycles. The third kappa shape index (κ3) is 2.29. The van der Waals surface area contributed by atoms with Crippen LogP contribution in [-0.4, -0.2) is 20.9 Å². The summed E-state index contributed by atoms with van der Waals surface area (Å²) in [4.78, 5) is 10.7. The van der Waals surface area contributed by atoms with Crippen LogP contribution in [-0.2, 0) is 6.42 Å². The Balaban J connectivity index is 2.02. The Morgan fingerprint density at radius 1 is 1.21 bits per heavy atom. The monoisotopic (exact) mass is 315 g/mol. The number of rotatable bonds is 3. The zero-order valence-electron chi connectivity index (χ0n) is 9.95. The summed E-state index contributed by atoms with van der Waals surface area (Å²) in [5.41, 5.74) is 2.44. The molecule has 19 heavy (non-hydrogen) atoms. The highest BCUT2D eigenvalue weighted by molar-refractivity contribution is 9.10. The first-order valence-electron chi connectivity index (χ1n) is 5.80. The Morgan fingerprint density at radius 3 is 2.84 bits per heavy atom. The van der Waals surface area contributed by atoms with Crippen LogP contribution in [0, 0.1) is 0 Å². The van der Waals surface area contributed by atoms with Gasteiger partial charge < -0.3 is 0 Å². The summed E-state index contributed by atoms with van der Waals surface area (Å²) >= 11 is 3.53. The normalized spacial score (nSPS) is 10.8. The molecule has 0 aliphatic rings. The van der Waals surface area contributed by atoms with Crippen LogP contribution in [0.5, 0.6) is 0 Å². The van der Waals surface area contributed by atoms with E-state index in [1.807, 2.05) is 34.9 Å². The van der Waals surface area contributed by atoms with Gasteiger partial charge in [0.25, 0.3) is 0 Å². The predicted molar refractivity (Wildman–Crippen MR) is 75.3 cm³/mol. The maximum atomic E-state index is 10.7. The second kappa shape index (κ2) is 4.93. The zero-order valence-corrected chi connectivity index (χ0v) is 11.5. The lowest BCUT2D eigenvalue weighted by atomic mass is 10.1. The van der Waals surface area contributed by atoms with E-state index < -0.39 is 0 Å². The molecule has 0 bridgehead atoms. The number of carbonyl (C=O) groups is 1. The van der Waals surface area contributed by atoms with Gasteiger partial charge in [-0.05, 0) is 23.8 Å². The highest BCUT2D eigenvalue weighted by Crippen LogP contribution is 2.19. The molecule has 0 aliphatic carbocycles. The van der Waals surface area contributed by atoms with Gasteiger partial charge in [-0.25, -0.2) is 0 Å². The van der Waals surface area contributed by atoms with Crippen molar-refractivity contribution in [1.82, 2.24) is 14.6 Å². The summed E-state index contributed by atoms with van der Waals surface area (Å²) < 4.78 is 2.95. The SMILES string of the molecule is O=Cc1ccn2c(Cc3ccccc3Br)nnc2c1. The molecule has 2 aromatic heterocycles. The molecule has 0 saturated carbocycles. The van der Waals surface area contributed by atoms with Gasteiger partial charge in [0.1, 0.15) is 12.1 Å². The van der Waals surface area contributed by atoms with Crippen molar-refractivity contribution in [3.63, 3.8) is 0 Å². The Labute approximate surface area is 118 Å². The van der Waals surface area contributed by atoms with Crippen molar-refractivity contribution >= 4 is 27.9 Å². The molecule has 1 aromatic carbocycles. The molecule has 0 spiro atoms. The number of hydrogen-bond donors (Lipinski definition) is 0. The molecule has 3 rings (SSSR count). The molecule has 0 atom stereocenters. The van der Waals surface area contributed by atoms with Gasteiger partial charge in [-0.1, -0.05) is 34.1 Å². The van der Waals surface area contributed by atoms with Crippen molar-refractivity contribution < 1.29 is 4.79 Å². The smallest absolute Gasteiger partial charge is 0.161 e. The first-order valence-corrected chi connectivity index (χ1v) is 6.59. The summed E-state index contributed by atoms with van der Waals surface area (Å²) in [5.74, 6) is 0.847. The highest BCUT2D eigenvalue weighted by atomic mass is 79.9. The first kappa shape index (κ1) is 12.0. The van der Waals surface area contributed by atoms with E-state index >= 15 is 0 Å². The number of nitrogens with zero attached hydrogens (tertiary/aromatic N) is 3. The molecule has 0 amide bonds. The molecule has 94 valence electrons. The largest absolute Gasteiger partial charge is 0.298 e. The molecule has 0 unspecified atom stereocenters. The van der Waals surface area contributed by atoms with Gasteiger partial charge >= 0.3 is 0 Å². The molecule has 0 radical (unpaired) electrons. The molecular formula is C14H10BrN3O. The van der Waals surface area contributed by atoms with Gasteiger partial charge in [0.2, 0.25) is 0 Å². The number of aromatic nitrogens is 3. The number of pyridine rings is 1. The van der Waals surface area contributed by atoms with E-state index in [1.165, 1.54) is 0 Å². The Hall–Kier alpha value is -2.01. The third-order valence-corrected chi connectivity index (χ3v) is 3.72. The van der Waals surface area contributed by atoms with E-state index in [9.17, 15) is 4.79 Å². The molecule has 5 heteroatoms. The van der Waals surface area contributed by atoms with E-state index in [0.29, 0.717) is 17.6 Å². The topological polar surface area (TPSA) is 47.3 Å². The zero-order chi connectivity index (χ0) is 13.2. The average Bonchev–Trinajstić information content (AvgIpc) is 2.83. The second-order valence-corrected chi connectivity index (χ2v) is 5.04. The molecule has 3 aromatic rings. The highest BCUT2D eigenvalue weighted by Gasteiger charge is 2.08.